The highest BCUT2D eigenvalue weighted by Crippen LogP contribution is 2.32. The number of hydrogen-bond acceptors (Lipinski definition) is 5. The second-order valence-electron chi connectivity index (χ2n) is 6.99. The summed E-state index contributed by atoms with van der Waals surface area (Å²) in [6.07, 6.45) is 7.72. The number of nitriles is 2. The first-order chi connectivity index (χ1) is 13.5. The van der Waals surface area contributed by atoms with E-state index in [1.54, 1.807) is 0 Å². The standard InChI is InChI=1S/C21H26N4O3/c1-15-11-17(16(2)25(15)19-7-4-3-5-8-19)12-18(13-23)21(27)28-14-20(26)24-10-6-9-22/h11-12,19H,3-8,10,14H2,1-2H3,(H,24,26)/b18-12+. The Hall–Kier alpha value is -3.06. The van der Waals surface area contributed by atoms with Crippen molar-refractivity contribution in [2.24, 2.45) is 0 Å². The molecule has 1 aliphatic carbocycles. The topological polar surface area (TPSA) is 108 Å². The highest BCUT2D eigenvalue weighted by molar-refractivity contribution is 5.99. The van der Waals surface area contributed by atoms with Gasteiger partial charge in [-0.15, -0.1) is 0 Å². The lowest BCUT2D eigenvalue weighted by atomic mass is 9.95. The van der Waals surface area contributed by atoms with Crippen molar-refractivity contribution < 1.29 is 14.3 Å². The van der Waals surface area contributed by atoms with Crippen LogP contribution in [0.2, 0.25) is 0 Å². The molecule has 1 aliphatic rings. The lowest BCUT2D eigenvalue weighted by Gasteiger charge is -2.26. The summed E-state index contributed by atoms with van der Waals surface area (Å²) < 4.78 is 7.22. The van der Waals surface area contributed by atoms with Crippen LogP contribution in [0.5, 0.6) is 0 Å². The summed E-state index contributed by atoms with van der Waals surface area (Å²) in [5, 5.41) is 20.2. The molecule has 28 heavy (non-hydrogen) atoms. The van der Waals surface area contributed by atoms with Crippen molar-refractivity contribution >= 4 is 18.0 Å². The van der Waals surface area contributed by atoms with Gasteiger partial charge in [-0.3, -0.25) is 4.79 Å². The number of aryl methyl sites for hydroxylation is 1. The van der Waals surface area contributed by atoms with Gasteiger partial charge in [0.05, 0.1) is 12.5 Å². The van der Waals surface area contributed by atoms with Gasteiger partial charge in [0.1, 0.15) is 11.6 Å². The van der Waals surface area contributed by atoms with E-state index in [1.807, 2.05) is 32.1 Å². The summed E-state index contributed by atoms with van der Waals surface area (Å²) in [6.45, 7) is 3.75. The van der Waals surface area contributed by atoms with Crippen LogP contribution in [0.4, 0.5) is 0 Å². The molecule has 1 N–H and O–H groups in total. The molecule has 7 heteroatoms. The zero-order chi connectivity index (χ0) is 20.5. The van der Waals surface area contributed by atoms with Crippen molar-refractivity contribution in [1.82, 2.24) is 9.88 Å². The third kappa shape index (κ3) is 5.47. The minimum absolute atomic E-state index is 0.145. The van der Waals surface area contributed by atoms with Crippen LogP contribution in [-0.2, 0) is 14.3 Å². The van der Waals surface area contributed by atoms with Gasteiger partial charge in [-0.1, -0.05) is 19.3 Å². The van der Waals surface area contributed by atoms with E-state index in [-0.39, 0.29) is 18.5 Å². The molecule has 1 amide bonds. The Morgan fingerprint density at radius 2 is 2.00 bits per heavy atom. The van der Waals surface area contributed by atoms with E-state index < -0.39 is 18.5 Å². The van der Waals surface area contributed by atoms with Crippen LogP contribution in [-0.4, -0.2) is 29.6 Å². The van der Waals surface area contributed by atoms with Crippen molar-refractivity contribution in [3.8, 4) is 12.1 Å². The molecule has 1 saturated carbocycles. The molecule has 1 heterocycles. The summed E-state index contributed by atoms with van der Waals surface area (Å²) in [7, 11) is 0. The van der Waals surface area contributed by atoms with E-state index >= 15 is 0 Å². The molecule has 0 unspecified atom stereocenters. The number of hydrogen-bond donors (Lipinski definition) is 1. The average molecular weight is 382 g/mol. The fraction of sp³-hybridized carbons (Fsp3) is 0.524. The van der Waals surface area contributed by atoms with Gasteiger partial charge >= 0.3 is 5.97 Å². The SMILES string of the molecule is Cc1cc(/C=C(\C#N)C(=O)OCC(=O)NCCC#N)c(C)n1C1CCCCC1. The fourth-order valence-electron chi connectivity index (χ4n) is 3.66. The van der Waals surface area contributed by atoms with E-state index in [9.17, 15) is 14.9 Å². The van der Waals surface area contributed by atoms with Gasteiger partial charge in [0.15, 0.2) is 6.61 Å². The van der Waals surface area contributed by atoms with E-state index in [2.05, 4.69) is 9.88 Å². The Morgan fingerprint density at radius 3 is 2.64 bits per heavy atom. The number of aromatic nitrogens is 1. The van der Waals surface area contributed by atoms with E-state index in [0.29, 0.717) is 6.04 Å². The van der Waals surface area contributed by atoms with Crippen LogP contribution >= 0.6 is 0 Å². The number of nitrogens with one attached hydrogen (secondary N) is 1. The fourth-order valence-corrected chi connectivity index (χ4v) is 3.66. The summed E-state index contributed by atoms with van der Waals surface area (Å²) in [4.78, 5) is 23.7. The second-order valence-corrected chi connectivity index (χ2v) is 6.99. The molecule has 0 spiro atoms. The number of esters is 1. The normalized spacial score (nSPS) is 14.8. The van der Waals surface area contributed by atoms with Gasteiger partial charge in [-0.2, -0.15) is 10.5 Å². The predicted molar refractivity (Wildman–Crippen MR) is 104 cm³/mol. The Morgan fingerprint density at radius 1 is 1.29 bits per heavy atom. The zero-order valence-corrected chi connectivity index (χ0v) is 16.5. The molecule has 7 nitrogen and oxygen atoms in total. The number of carbonyl (C=O) groups is 2. The minimum Gasteiger partial charge on any atom is -0.451 e. The molecule has 2 rings (SSSR count). The smallest absolute Gasteiger partial charge is 0.349 e. The Kier molecular flexibility index (Phi) is 7.83. The lowest BCUT2D eigenvalue weighted by Crippen LogP contribution is -2.29. The number of rotatable bonds is 7. The molecule has 0 radical (unpaired) electrons. The van der Waals surface area contributed by atoms with Gasteiger partial charge < -0.3 is 14.6 Å². The first-order valence-electron chi connectivity index (χ1n) is 9.59. The number of amides is 1. The molecule has 1 fully saturated rings. The van der Waals surface area contributed by atoms with Crippen molar-refractivity contribution in [3.63, 3.8) is 0 Å². The highest BCUT2D eigenvalue weighted by Gasteiger charge is 2.21. The van der Waals surface area contributed by atoms with Crippen LogP contribution < -0.4 is 5.32 Å². The molecule has 0 saturated heterocycles. The summed E-state index contributed by atoms with van der Waals surface area (Å²) in [6, 6.07) is 6.20. The predicted octanol–water partition coefficient (Wildman–Crippen LogP) is 3.09. The first kappa shape index (κ1) is 21.2. The van der Waals surface area contributed by atoms with Crippen LogP contribution in [0.25, 0.3) is 6.08 Å². The van der Waals surface area contributed by atoms with Gasteiger partial charge in [0.25, 0.3) is 5.91 Å². The largest absolute Gasteiger partial charge is 0.451 e. The van der Waals surface area contributed by atoms with Crippen LogP contribution in [0.3, 0.4) is 0 Å². The zero-order valence-electron chi connectivity index (χ0n) is 16.5. The van der Waals surface area contributed by atoms with Crippen LogP contribution in [0.1, 0.15) is 61.5 Å². The van der Waals surface area contributed by atoms with E-state index in [0.717, 1.165) is 29.8 Å². The molecule has 148 valence electrons. The van der Waals surface area contributed by atoms with Gasteiger partial charge in [-0.25, -0.2) is 4.79 Å². The molecule has 1 aromatic rings. The second kappa shape index (κ2) is 10.3. The molecule has 0 bridgehead atoms. The van der Waals surface area contributed by atoms with Crippen molar-refractivity contribution in [1.29, 1.82) is 10.5 Å². The lowest BCUT2D eigenvalue weighted by molar-refractivity contribution is -0.144. The van der Waals surface area contributed by atoms with Crippen molar-refractivity contribution in [2.75, 3.05) is 13.2 Å². The Labute approximate surface area is 165 Å². The maximum absolute atomic E-state index is 12.2. The quantitative estimate of drug-likeness (QED) is 0.337. The van der Waals surface area contributed by atoms with E-state index in [4.69, 9.17) is 10.00 Å². The summed E-state index contributed by atoms with van der Waals surface area (Å²) in [5.74, 6) is -1.34. The van der Waals surface area contributed by atoms with E-state index in [1.165, 1.54) is 25.3 Å². The molecule has 0 aromatic carbocycles. The van der Waals surface area contributed by atoms with Gasteiger partial charge in [0.2, 0.25) is 0 Å². The highest BCUT2D eigenvalue weighted by atomic mass is 16.5. The first-order valence-corrected chi connectivity index (χ1v) is 9.59. The maximum Gasteiger partial charge on any atom is 0.349 e. The van der Waals surface area contributed by atoms with Crippen molar-refractivity contribution in [3.05, 3.63) is 28.6 Å². The average Bonchev–Trinajstić information content (AvgIpc) is 2.98. The van der Waals surface area contributed by atoms with Crippen LogP contribution in [0.15, 0.2) is 11.6 Å². The summed E-state index contributed by atoms with van der Waals surface area (Å²) >= 11 is 0. The number of ether oxygens (including phenoxy) is 1. The maximum atomic E-state index is 12.2. The molecular formula is C21H26N4O3. The van der Waals surface area contributed by atoms with Crippen molar-refractivity contribution in [2.45, 2.75) is 58.4 Å². The van der Waals surface area contributed by atoms with Gasteiger partial charge in [0, 0.05) is 24.0 Å². The molecule has 0 aliphatic heterocycles. The number of nitrogens with zero attached hydrogens (tertiary/aromatic N) is 3. The molecule has 1 aromatic heterocycles. The molecular weight excluding hydrogens is 356 g/mol. The van der Waals surface area contributed by atoms with Gasteiger partial charge in [-0.05, 0) is 44.4 Å². The third-order valence-electron chi connectivity index (χ3n) is 5.00. The molecule has 0 atom stereocenters. The monoisotopic (exact) mass is 382 g/mol. The number of carbonyl (C=O) groups excluding carboxylic acids is 2. The Balaban J connectivity index is 2.07. The Bertz CT molecular complexity index is 833. The third-order valence-corrected chi connectivity index (χ3v) is 5.00. The summed E-state index contributed by atoms with van der Waals surface area (Å²) in [5.41, 5.74) is 2.81. The minimum atomic E-state index is -0.833. The van der Waals surface area contributed by atoms with Crippen LogP contribution in [0, 0.1) is 36.5 Å².